The number of aliphatic hydroxyl groups is 1. The van der Waals surface area contributed by atoms with Gasteiger partial charge in [0, 0.05) is 31.7 Å². The number of carbonyl (C=O) groups excluding carboxylic acids is 2. The van der Waals surface area contributed by atoms with Crippen LogP contribution in [0.3, 0.4) is 0 Å². The van der Waals surface area contributed by atoms with Gasteiger partial charge in [0.05, 0.1) is 18.4 Å². The third kappa shape index (κ3) is 4.21. The molecule has 3 aromatic carbocycles. The number of nitrogens with zero attached hydrogens (tertiary/aromatic N) is 4. The molecule has 194 valence electrons. The summed E-state index contributed by atoms with van der Waals surface area (Å²) in [6.07, 6.45) is 0. The van der Waals surface area contributed by atoms with E-state index < -0.39 is 22.7 Å². The Balaban J connectivity index is 1.20. The number of piperazine rings is 1. The molecule has 3 aliphatic rings. The second kappa shape index (κ2) is 9.99. The maximum absolute atomic E-state index is 13.7. The molecule has 3 heterocycles. The lowest BCUT2D eigenvalue weighted by Gasteiger charge is -2.41. The van der Waals surface area contributed by atoms with Crippen LogP contribution in [0, 0.1) is 0 Å². The Labute approximate surface area is 225 Å². The molecule has 0 saturated carbocycles. The predicted octanol–water partition coefficient (Wildman–Crippen LogP) is 2.54. The SMILES string of the molecule is NC1=NC(=O)C(C2(O)C(=O)N(CN3CCN(C(c4ccccc4)c4ccccc4)CC3)c3ccccc32)S1. The number of benzene rings is 3. The number of amides is 2. The molecule has 6 rings (SSSR count). The van der Waals surface area contributed by atoms with Crippen molar-refractivity contribution >= 4 is 34.4 Å². The number of carbonyl (C=O) groups is 2. The number of amidine groups is 1. The van der Waals surface area contributed by atoms with Crippen molar-refractivity contribution in [1.29, 1.82) is 0 Å². The minimum absolute atomic E-state index is 0.0691. The molecule has 2 unspecified atom stereocenters. The van der Waals surface area contributed by atoms with Crippen LogP contribution in [0.2, 0.25) is 0 Å². The van der Waals surface area contributed by atoms with E-state index in [4.69, 9.17) is 5.73 Å². The van der Waals surface area contributed by atoms with Crippen LogP contribution in [0.5, 0.6) is 0 Å². The number of fused-ring (bicyclic) bond motifs is 1. The highest BCUT2D eigenvalue weighted by molar-refractivity contribution is 8.15. The van der Waals surface area contributed by atoms with Crippen molar-refractivity contribution in [2.24, 2.45) is 10.7 Å². The molecule has 1 fully saturated rings. The van der Waals surface area contributed by atoms with Gasteiger partial charge in [0.2, 0.25) is 0 Å². The van der Waals surface area contributed by atoms with E-state index in [1.54, 1.807) is 17.0 Å². The summed E-state index contributed by atoms with van der Waals surface area (Å²) >= 11 is 0.945. The van der Waals surface area contributed by atoms with E-state index in [1.807, 2.05) is 24.3 Å². The third-order valence-corrected chi connectivity index (χ3v) is 8.69. The van der Waals surface area contributed by atoms with Gasteiger partial charge in [-0.15, -0.1) is 0 Å². The first-order chi connectivity index (χ1) is 18.5. The van der Waals surface area contributed by atoms with Crippen molar-refractivity contribution in [2.75, 3.05) is 37.7 Å². The molecular weight excluding hydrogens is 498 g/mol. The Kier molecular flexibility index (Phi) is 6.53. The number of hydrogen-bond acceptors (Lipinski definition) is 7. The first-order valence-corrected chi connectivity index (χ1v) is 13.6. The second-order valence-corrected chi connectivity index (χ2v) is 10.9. The number of nitrogens with two attached hydrogens (primary N) is 1. The van der Waals surface area contributed by atoms with E-state index in [0.29, 0.717) is 17.9 Å². The summed E-state index contributed by atoms with van der Waals surface area (Å²) in [6.45, 7) is 3.49. The monoisotopic (exact) mass is 527 g/mol. The molecule has 0 radical (unpaired) electrons. The van der Waals surface area contributed by atoms with Crippen LogP contribution < -0.4 is 10.6 Å². The number of para-hydroxylation sites is 1. The topological polar surface area (TPSA) is 102 Å². The van der Waals surface area contributed by atoms with Gasteiger partial charge < -0.3 is 10.8 Å². The Morgan fingerprint density at radius 2 is 1.47 bits per heavy atom. The largest absolute Gasteiger partial charge is 0.378 e. The molecule has 3 aliphatic heterocycles. The summed E-state index contributed by atoms with van der Waals surface area (Å²) in [5, 5.41) is 10.7. The van der Waals surface area contributed by atoms with Gasteiger partial charge in [-0.05, 0) is 17.2 Å². The number of anilines is 1. The molecule has 0 aliphatic carbocycles. The summed E-state index contributed by atoms with van der Waals surface area (Å²) in [4.78, 5) is 36.3. The molecule has 9 heteroatoms. The molecule has 0 spiro atoms. The predicted molar refractivity (Wildman–Crippen MR) is 149 cm³/mol. The molecular formula is C29H29N5O3S. The van der Waals surface area contributed by atoms with E-state index in [-0.39, 0.29) is 11.2 Å². The molecule has 1 saturated heterocycles. The fraction of sp³-hybridized carbons (Fsp3) is 0.276. The van der Waals surface area contributed by atoms with Crippen molar-refractivity contribution in [1.82, 2.24) is 9.80 Å². The highest BCUT2D eigenvalue weighted by Gasteiger charge is 2.59. The smallest absolute Gasteiger partial charge is 0.266 e. The van der Waals surface area contributed by atoms with Crippen molar-refractivity contribution in [3.8, 4) is 0 Å². The van der Waals surface area contributed by atoms with Crippen molar-refractivity contribution in [3.63, 3.8) is 0 Å². The van der Waals surface area contributed by atoms with Gasteiger partial charge in [0.15, 0.2) is 10.8 Å². The van der Waals surface area contributed by atoms with Gasteiger partial charge >= 0.3 is 0 Å². The molecule has 38 heavy (non-hydrogen) atoms. The standard InChI is InChI=1S/C29H29N5O3S/c30-28-31-26(35)25(38-28)29(37)22-13-7-8-14-23(22)34(27(29)36)19-32-15-17-33(18-16-32)24(20-9-3-1-4-10-20)21-11-5-2-6-12-21/h1-14,24-25,37H,15-19H2,(H2,30,31,35). The van der Waals surface area contributed by atoms with Gasteiger partial charge in [-0.1, -0.05) is 90.6 Å². The highest BCUT2D eigenvalue weighted by atomic mass is 32.2. The van der Waals surface area contributed by atoms with Gasteiger partial charge in [0.25, 0.3) is 11.8 Å². The maximum Gasteiger partial charge on any atom is 0.266 e. The van der Waals surface area contributed by atoms with Crippen molar-refractivity contribution < 1.29 is 14.7 Å². The van der Waals surface area contributed by atoms with E-state index in [2.05, 4.69) is 63.3 Å². The van der Waals surface area contributed by atoms with Gasteiger partial charge in [-0.25, -0.2) is 0 Å². The fourth-order valence-corrected chi connectivity index (χ4v) is 6.67. The molecule has 2 atom stereocenters. The van der Waals surface area contributed by atoms with Crippen molar-refractivity contribution in [3.05, 3.63) is 102 Å². The number of rotatable bonds is 6. The molecule has 3 aromatic rings. The number of thioether (sulfide) groups is 1. The molecule has 0 bridgehead atoms. The Morgan fingerprint density at radius 3 is 2.05 bits per heavy atom. The average molecular weight is 528 g/mol. The van der Waals surface area contributed by atoms with Gasteiger partial charge in [-0.2, -0.15) is 4.99 Å². The first-order valence-electron chi connectivity index (χ1n) is 12.7. The normalized spacial score (nSPS) is 24.2. The molecule has 3 N–H and O–H groups in total. The second-order valence-electron chi connectivity index (χ2n) is 9.82. The summed E-state index contributed by atoms with van der Waals surface area (Å²) in [6, 6.07) is 28.3. The molecule has 0 aromatic heterocycles. The Bertz CT molecular complexity index is 1340. The quantitative estimate of drug-likeness (QED) is 0.508. The Morgan fingerprint density at radius 1 is 0.895 bits per heavy atom. The summed E-state index contributed by atoms with van der Waals surface area (Å²) in [5.74, 6) is -1.09. The maximum atomic E-state index is 13.7. The van der Waals surface area contributed by atoms with Gasteiger partial charge in [0.1, 0.15) is 5.25 Å². The fourth-order valence-electron chi connectivity index (χ4n) is 5.73. The lowest BCUT2D eigenvalue weighted by molar-refractivity contribution is -0.140. The van der Waals surface area contributed by atoms with Crippen LogP contribution in [0.1, 0.15) is 22.7 Å². The zero-order valence-corrected chi connectivity index (χ0v) is 21.6. The lowest BCUT2D eigenvalue weighted by Crippen LogP contribution is -2.54. The van der Waals surface area contributed by atoms with Crippen LogP contribution in [-0.4, -0.2) is 70.0 Å². The van der Waals surface area contributed by atoms with Crippen molar-refractivity contribution in [2.45, 2.75) is 16.9 Å². The van der Waals surface area contributed by atoms with Crippen LogP contribution in [0.25, 0.3) is 0 Å². The minimum atomic E-state index is -2.00. The zero-order chi connectivity index (χ0) is 26.3. The summed E-state index contributed by atoms with van der Waals surface area (Å²) < 4.78 is 0. The zero-order valence-electron chi connectivity index (χ0n) is 20.8. The van der Waals surface area contributed by atoms with E-state index in [1.165, 1.54) is 11.1 Å². The van der Waals surface area contributed by atoms with Crippen LogP contribution in [0.15, 0.2) is 89.9 Å². The highest BCUT2D eigenvalue weighted by Crippen LogP contribution is 2.47. The van der Waals surface area contributed by atoms with E-state index in [9.17, 15) is 14.7 Å². The minimum Gasteiger partial charge on any atom is -0.378 e. The van der Waals surface area contributed by atoms with Crippen LogP contribution in [-0.2, 0) is 15.2 Å². The lowest BCUT2D eigenvalue weighted by atomic mass is 9.91. The summed E-state index contributed by atoms with van der Waals surface area (Å²) in [5.41, 5.74) is 7.30. The number of aliphatic imine (C=N–C) groups is 1. The first kappa shape index (κ1) is 24.8. The van der Waals surface area contributed by atoms with E-state index >= 15 is 0 Å². The van der Waals surface area contributed by atoms with Gasteiger partial charge in [-0.3, -0.25) is 24.3 Å². The average Bonchev–Trinajstić information content (AvgIpc) is 3.40. The van der Waals surface area contributed by atoms with E-state index in [0.717, 1.165) is 37.9 Å². The number of hydrogen-bond donors (Lipinski definition) is 2. The van der Waals surface area contributed by atoms with Crippen LogP contribution >= 0.6 is 11.8 Å². The Hall–Kier alpha value is -3.50. The summed E-state index contributed by atoms with van der Waals surface area (Å²) in [7, 11) is 0. The van der Waals surface area contributed by atoms with Crippen LogP contribution in [0.4, 0.5) is 5.69 Å². The molecule has 8 nitrogen and oxygen atoms in total. The third-order valence-electron chi connectivity index (χ3n) is 7.58. The molecule has 2 amide bonds.